The first-order valence-electron chi connectivity index (χ1n) is 22.3. The van der Waals surface area contributed by atoms with Crippen LogP contribution in [-0.4, -0.2) is 9.13 Å². The summed E-state index contributed by atoms with van der Waals surface area (Å²) in [5.74, 6) is 0. The number of rotatable bonds is 6. The predicted molar refractivity (Wildman–Crippen MR) is 270 cm³/mol. The van der Waals surface area contributed by atoms with Crippen molar-refractivity contribution < 1.29 is 13.2 Å². The summed E-state index contributed by atoms with van der Waals surface area (Å²) in [6.45, 7) is 0. The summed E-state index contributed by atoms with van der Waals surface area (Å²) in [6, 6.07) is 63.9. The predicted octanol–water partition coefficient (Wildman–Crippen LogP) is 14.8. The molecule has 0 atom stereocenters. The van der Waals surface area contributed by atoms with Gasteiger partial charge in [0.05, 0.1) is 109 Å². The lowest BCUT2D eigenvalue weighted by Crippen LogP contribution is -2.08. The fourth-order valence-electron chi connectivity index (χ4n) is 9.94. The maximum atomic E-state index is 15.0. The number of nitrogens with zero attached hydrogens (tertiary/aromatic N) is 8. The Labute approximate surface area is 409 Å². The zero-order valence-electron chi connectivity index (χ0n) is 37.5. The average molecular weight is 931 g/mol. The van der Waals surface area contributed by atoms with E-state index in [1.54, 1.807) is 66.7 Å². The summed E-state index contributed by atoms with van der Waals surface area (Å²) in [5, 5.41) is 62.9. The molecule has 0 aliphatic heterocycles. The molecular formula is C61H29F3N8. The van der Waals surface area contributed by atoms with E-state index in [9.17, 15) is 31.6 Å². The molecule has 334 valence electrons. The molecule has 2 heterocycles. The molecule has 11 rings (SSSR count). The van der Waals surface area contributed by atoms with Crippen LogP contribution < -0.4 is 0 Å². The SMILES string of the molecule is N#Cc1ccc(-c2ccc3c(c2)c2ccccc2n3-c2ccc(-c3ccc(C#N)cc3C(F)(F)F)cc2-c2ccc(C#N)cc2-n2c3ccccc3c3cc(-c4ccc(C#N)cc4C#N)ccc32)c(C#N)c1. The zero-order chi connectivity index (χ0) is 49.8. The lowest BCUT2D eigenvalue weighted by Gasteiger charge is -2.21. The zero-order valence-corrected chi connectivity index (χ0v) is 37.5. The highest BCUT2D eigenvalue weighted by atomic mass is 19.4. The van der Waals surface area contributed by atoms with Gasteiger partial charge in [-0.25, -0.2) is 0 Å². The van der Waals surface area contributed by atoms with Crippen molar-refractivity contribution in [2.45, 2.75) is 6.18 Å². The minimum absolute atomic E-state index is 0.129. The van der Waals surface area contributed by atoms with Gasteiger partial charge in [-0.3, -0.25) is 0 Å². The number of nitriles is 6. The van der Waals surface area contributed by atoms with Gasteiger partial charge in [-0.1, -0.05) is 78.9 Å². The van der Waals surface area contributed by atoms with Crippen molar-refractivity contribution >= 4 is 43.6 Å². The number of fused-ring (bicyclic) bond motifs is 6. The summed E-state index contributed by atoms with van der Waals surface area (Å²) in [6.07, 6.45) is -4.81. The van der Waals surface area contributed by atoms with Crippen LogP contribution in [-0.2, 0) is 6.18 Å². The van der Waals surface area contributed by atoms with Gasteiger partial charge in [0.1, 0.15) is 0 Å². The number of hydrogen-bond donors (Lipinski definition) is 0. The lowest BCUT2D eigenvalue weighted by molar-refractivity contribution is -0.137. The van der Waals surface area contributed by atoms with Gasteiger partial charge in [0.2, 0.25) is 0 Å². The molecule has 0 aliphatic rings. The number of halogens is 3. The Morgan fingerprint density at radius 1 is 0.319 bits per heavy atom. The number of alkyl halides is 3. The molecule has 0 radical (unpaired) electrons. The highest BCUT2D eigenvalue weighted by molar-refractivity contribution is 6.13. The molecule has 11 heteroatoms. The third kappa shape index (κ3) is 7.12. The van der Waals surface area contributed by atoms with Gasteiger partial charge in [-0.2, -0.15) is 44.7 Å². The second-order valence-corrected chi connectivity index (χ2v) is 17.1. The quantitative estimate of drug-likeness (QED) is 0.162. The van der Waals surface area contributed by atoms with Crippen molar-refractivity contribution in [2.75, 3.05) is 0 Å². The molecule has 9 aromatic carbocycles. The van der Waals surface area contributed by atoms with E-state index in [4.69, 9.17) is 0 Å². The Balaban J connectivity index is 1.22. The average Bonchev–Trinajstić information content (AvgIpc) is 3.93. The molecule has 11 aromatic rings. The Morgan fingerprint density at radius 2 is 0.736 bits per heavy atom. The van der Waals surface area contributed by atoms with Gasteiger partial charge in [0.15, 0.2) is 0 Å². The van der Waals surface area contributed by atoms with Gasteiger partial charge in [0.25, 0.3) is 0 Å². The molecule has 0 aliphatic carbocycles. The first kappa shape index (κ1) is 43.9. The Bertz CT molecular complexity index is 4420. The van der Waals surface area contributed by atoms with Gasteiger partial charge in [0, 0.05) is 32.7 Å². The van der Waals surface area contributed by atoms with E-state index in [0.717, 1.165) is 60.8 Å². The van der Waals surface area contributed by atoms with E-state index in [1.807, 2.05) is 102 Å². The third-order valence-corrected chi connectivity index (χ3v) is 13.2. The molecule has 0 saturated carbocycles. The van der Waals surface area contributed by atoms with E-state index < -0.39 is 11.7 Å². The normalized spacial score (nSPS) is 11.2. The maximum absolute atomic E-state index is 15.0. The molecule has 2 aromatic heterocycles. The van der Waals surface area contributed by atoms with Gasteiger partial charge in [-0.15, -0.1) is 0 Å². The van der Waals surface area contributed by atoms with Crippen molar-refractivity contribution in [1.82, 2.24) is 9.13 Å². The van der Waals surface area contributed by atoms with Gasteiger partial charge in [-0.05, 0) is 130 Å². The molecule has 0 unspecified atom stereocenters. The smallest absolute Gasteiger partial charge is 0.309 e. The minimum Gasteiger partial charge on any atom is -0.309 e. The van der Waals surface area contributed by atoms with Crippen LogP contribution in [0.15, 0.2) is 176 Å². The summed E-state index contributed by atoms with van der Waals surface area (Å²) < 4.78 is 49.1. The van der Waals surface area contributed by atoms with Crippen LogP contribution >= 0.6 is 0 Å². The van der Waals surface area contributed by atoms with Crippen LogP contribution in [0.1, 0.15) is 38.9 Å². The monoisotopic (exact) mass is 930 g/mol. The molecule has 0 saturated heterocycles. The van der Waals surface area contributed by atoms with Crippen molar-refractivity contribution in [1.29, 1.82) is 31.6 Å². The van der Waals surface area contributed by atoms with Crippen molar-refractivity contribution in [3.63, 3.8) is 0 Å². The molecule has 72 heavy (non-hydrogen) atoms. The van der Waals surface area contributed by atoms with Crippen molar-refractivity contribution in [3.8, 4) is 92.3 Å². The van der Waals surface area contributed by atoms with E-state index in [1.165, 1.54) is 12.1 Å². The Kier molecular flexibility index (Phi) is 10.4. The Morgan fingerprint density at radius 3 is 1.24 bits per heavy atom. The number of benzene rings is 9. The lowest BCUT2D eigenvalue weighted by atomic mass is 9.92. The summed E-state index contributed by atoms with van der Waals surface area (Å²) in [5.41, 5.74) is 8.84. The van der Waals surface area contributed by atoms with Crippen LogP contribution in [0.3, 0.4) is 0 Å². The molecule has 0 fully saturated rings. The molecule has 0 spiro atoms. The summed E-state index contributed by atoms with van der Waals surface area (Å²) in [4.78, 5) is 0. The standard InChI is InChI=1S/C61H29F3N8/c62-61(63,64)54-25-38(32-67)11-18-47(54)42-15-22-58(71-55-7-3-1-5-48(55)51-27-40(13-20-57(51)71)45-16-9-36(30-65)23-43(45)34-69)53(29-42)50-19-12-39(33-68)26-60(50)72-56-8-4-2-6-49(56)52-28-41(14-21-59(52)72)46-17-10-37(31-66)24-44(46)35-70/h1-29H. The number of aromatic nitrogens is 2. The maximum Gasteiger partial charge on any atom is 0.417 e. The number of para-hydroxylation sites is 2. The van der Waals surface area contributed by atoms with Gasteiger partial charge < -0.3 is 9.13 Å². The molecular weight excluding hydrogens is 902 g/mol. The molecule has 0 bridgehead atoms. The van der Waals surface area contributed by atoms with Crippen molar-refractivity contribution in [2.24, 2.45) is 0 Å². The third-order valence-electron chi connectivity index (χ3n) is 13.2. The highest BCUT2D eigenvalue weighted by Crippen LogP contribution is 2.46. The van der Waals surface area contributed by atoms with Crippen LogP contribution in [0, 0.1) is 68.0 Å². The number of hydrogen-bond acceptors (Lipinski definition) is 6. The molecule has 8 nitrogen and oxygen atoms in total. The fourth-order valence-corrected chi connectivity index (χ4v) is 9.94. The second kappa shape index (κ2) is 17.1. The first-order chi connectivity index (χ1) is 35.0. The van der Waals surface area contributed by atoms with Gasteiger partial charge >= 0.3 is 6.18 Å². The van der Waals surface area contributed by atoms with Crippen LogP contribution in [0.2, 0.25) is 0 Å². The largest absolute Gasteiger partial charge is 0.417 e. The topological polar surface area (TPSA) is 153 Å². The summed E-state index contributed by atoms with van der Waals surface area (Å²) in [7, 11) is 0. The highest BCUT2D eigenvalue weighted by Gasteiger charge is 2.34. The van der Waals surface area contributed by atoms with Crippen molar-refractivity contribution in [3.05, 3.63) is 215 Å². The Hall–Kier alpha value is -10.7. The van der Waals surface area contributed by atoms with E-state index >= 15 is 13.2 Å². The summed E-state index contributed by atoms with van der Waals surface area (Å²) >= 11 is 0. The van der Waals surface area contributed by atoms with Crippen LogP contribution in [0.4, 0.5) is 13.2 Å². The first-order valence-corrected chi connectivity index (χ1v) is 22.3. The molecule has 0 N–H and O–H groups in total. The van der Waals surface area contributed by atoms with E-state index in [0.29, 0.717) is 61.4 Å². The van der Waals surface area contributed by atoms with E-state index in [2.05, 4.69) is 34.9 Å². The minimum atomic E-state index is -4.81. The van der Waals surface area contributed by atoms with E-state index in [-0.39, 0.29) is 16.7 Å². The molecule has 0 amide bonds. The van der Waals surface area contributed by atoms with Crippen LogP contribution in [0.5, 0.6) is 0 Å². The van der Waals surface area contributed by atoms with Crippen LogP contribution in [0.25, 0.3) is 99.5 Å². The fraction of sp³-hybridized carbons (Fsp3) is 0.0164. The second-order valence-electron chi connectivity index (χ2n) is 17.1.